The first-order valence-electron chi connectivity index (χ1n) is 7.07. The van der Waals surface area contributed by atoms with Crippen molar-refractivity contribution in [1.82, 2.24) is 0 Å². The standard InChI is InChI=1S/C20H16Si/c21-15-14-18-12-7-13-19(16-8-3-1-4-9-16)20(18)17-10-5-2-6-11-17/h1-13H,21H3. The molecule has 0 radical (unpaired) electrons. The van der Waals surface area contributed by atoms with E-state index in [0.717, 1.165) is 15.8 Å². The van der Waals surface area contributed by atoms with Gasteiger partial charge in [0.1, 0.15) is 0 Å². The van der Waals surface area contributed by atoms with Gasteiger partial charge in [0.2, 0.25) is 0 Å². The Bertz CT molecular complexity index is 793. The van der Waals surface area contributed by atoms with Crippen LogP contribution in [0.25, 0.3) is 22.3 Å². The quantitative estimate of drug-likeness (QED) is 0.497. The number of rotatable bonds is 2. The van der Waals surface area contributed by atoms with Gasteiger partial charge in [0.25, 0.3) is 0 Å². The van der Waals surface area contributed by atoms with Gasteiger partial charge < -0.3 is 0 Å². The average Bonchev–Trinajstić information content (AvgIpc) is 2.56. The predicted octanol–water partition coefficient (Wildman–Crippen LogP) is 3.70. The zero-order valence-electron chi connectivity index (χ0n) is 12.0. The number of hydrogen-bond donors (Lipinski definition) is 0. The molecular formula is C20H16Si. The summed E-state index contributed by atoms with van der Waals surface area (Å²) in [5, 5.41) is 0. The molecule has 0 unspecified atom stereocenters. The second-order valence-corrected chi connectivity index (χ2v) is 5.34. The van der Waals surface area contributed by atoms with E-state index < -0.39 is 0 Å². The van der Waals surface area contributed by atoms with E-state index in [9.17, 15) is 0 Å². The molecule has 0 aliphatic rings. The van der Waals surface area contributed by atoms with Crippen molar-refractivity contribution in [2.75, 3.05) is 0 Å². The van der Waals surface area contributed by atoms with E-state index >= 15 is 0 Å². The first-order chi connectivity index (χ1) is 10.4. The van der Waals surface area contributed by atoms with Crippen molar-refractivity contribution >= 4 is 10.2 Å². The van der Waals surface area contributed by atoms with Gasteiger partial charge >= 0.3 is 0 Å². The van der Waals surface area contributed by atoms with Crippen LogP contribution in [0, 0.1) is 11.5 Å². The van der Waals surface area contributed by atoms with Gasteiger partial charge in [-0.3, -0.25) is 0 Å². The highest BCUT2D eigenvalue weighted by atomic mass is 28.1. The molecule has 3 aromatic carbocycles. The molecule has 0 fully saturated rings. The second-order valence-electron chi connectivity index (χ2n) is 4.84. The third-order valence-electron chi connectivity index (χ3n) is 3.47. The van der Waals surface area contributed by atoms with Gasteiger partial charge in [-0.05, 0) is 22.8 Å². The smallest absolute Gasteiger partial charge is 0.0911 e. The van der Waals surface area contributed by atoms with Crippen molar-refractivity contribution in [1.29, 1.82) is 0 Å². The molecular weight excluding hydrogens is 268 g/mol. The molecule has 0 aliphatic carbocycles. The summed E-state index contributed by atoms with van der Waals surface area (Å²) in [6.45, 7) is 0. The maximum Gasteiger partial charge on any atom is 0.0911 e. The van der Waals surface area contributed by atoms with Crippen LogP contribution in [0.1, 0.15) is 5.56 Å². The highest BCUT2D eigenvalue weighted by molar-refractivity contribution is 6.22. The highest BCUT2D eigenvalue weighted by Crippen LogP contribution is 2.34. The molecule has 0 atom stereocenters. The van der Waals surface area contributed by atoms with Crippen molar-refractivity contribution < 1.29 is 0 Å². The van der Waals surface area contributed by atoms with Crippen molar-refractivity contribution in [3.63, 3.8) is 0 Å². The molecule has 0 saturated carbocycles. The van der Waals surface area contributed by atoms with Gasteiger partial charge in [-0.25, -0.2) is 0 Å². The topological polar surface area (TPSA) is 0 Å². The monoisotopic (exact) mass is 284 g/mol. The molecule has 1 heteroatoms. The van der Waals surface area contributed by atoms with Crippen molar-refractivity contribution in [3.8, 4) is 33.7 Å². The number of hydrogen-bond acceptors (Lipinski definition) is 0. The molecule has 21 heavy (non-hydrogen) atoms. The zero-order chi connectivity index (χ0) is 14.5. The predicted molar refractivity (Wildman–Crippen MR) is 94.1 cm³/mol. The summed E-state index contributed by atoms with van der Waals surface area (Å²) in [4.78, 5) is 0. The molecule has 0 amide bonds. The lowest BCUT2D eigenvalue weighted by Gasteiger charge is -2.12. The Hall–Kier alpha value is -2.56. The lowest BCUT2D eigenvalue weighted by molar-refractivity contribution is 1.55. The van der Waals surface area contributed by atoms with Crippen LogP contribution in [0.2, 0.25) is 0 Å². The third kappa shape index (κ3) is 2.81. The molecule has 100 valence electrons. The van der Waals surface area contributed by atoms with Gasteiger partial charge in [-0.15, -0.1) is 5.54 Å². The van der Waals surface area contributed by atoms with E-state index in [0.29, 0.717) is 0 Å². The maximum absolute atomic E-state index is 3.30. The van der Waals surface area contributed by atoms with Crippen molar-refractivity contribution in [3.05, 3.63) is 84.4 Å². The zero-order valence-corrected chi connectivity index (χ0v) is 14.0. The Kier molecular flexibility index (Phi) is 4.00. The first kappa shape index (κ1) is 13.4. The van der Waals surface area contributed by atoms with E-state index in [1.165, 1.54) is 22.3 Å². The van der Waals surface area contributed by atoms with Crippen molar-refractivity contribution in [2.45, 2.75) is 0 Å². The van der Waals surface area contributed by atoms with Crippen LogP contribution in [0.15, 0.2) is 78.9 Å². The molecule has 0 bridgehead atoms. The summed E-state index contributed by atoms with van der Waals surface area (Å²) in [6.07, 6.45) is 0. The summed E-state index contributed by atoms with van der Waals surface area (Å²) in [5.41, 5.74) is 9.19. The molecule has 0 aromatic heterocycles. The van der Waals surface area contributed by atoms with Crippen LogP contribution in [-0.4, -0.2) is 10.2 Å². The molecule has 0 spiro atoms. The minimum Gasteiger partial charge on any atom is -0.138 e. The fourth-order valence-corrected chi connectivity index (χ4v) is 2.83. The van der Waals surface area contributed by atoms with E-state index in [-0.39, 0.29) is 0 Å². The van der Waals surface area contributed by atoms with E-state index in [1.807, 2.05) is 12.1 Å². The largest absolute Gasteiger partial charge is 0.138 e. The lowest BCUT2D eigenvalue weighted by atomic mass is 9.91. The van der Waals surface area contributed by atoms with Gasteiger partial charge in [0, 0.05) is 11.1 Å². The Balaban J connectivity index is 2.30. The maximum atomic E-state index is 3.30. The molecule has 0 heterocycles. The van der Waals surface area contributed by atoms with Crippen LogP contribution in [-0.2, 0) is 0 Å². The molecule has 3 aromatic rings. The normalized spacial score (nSPS) is 9.90. The van der Waals surface area contributed by atoms with Crippen LogP contribution < -0.4 is 0 Å². The van der Waals surface area contributed by atoms with E-state index in [4.69, 9.17) is 0 Å². The van der Waals surface area contributed by atoms with Crippen LogP contribution in [0.3, 0.4) is 0 Å². The lowest BCUT2D eigenvalue weighted by Crippen LogP contribution is -1.90. The summed E-state index contributed by atoms with van der Waals surface area (Å²) >= 11 is 0. The summed E-state index contributed by atoms with van der Waals surface area (Å²) in [7, 11) is 0.891. The van der Waals surface area contributed by atoms with Crippen LogP contribution >= 0.6 is 0 Å². The molecule has 0 N–H and O–H groups in total. The van der Waals surface area contributed by atoms with Gasteiger partial charge in [0.15, 0.2) is 0 Å². The van der Waals surface area contributed by atoms with Gasteiger partial charge in [-0.2, -0.15) is 0 Å². The molecule has 3 rings (SSSR count). The fraction of sp³-hybridized carbons (Fsp3) is 0. The minimum absolute atomic E-state index is 0.891. The average molecular weight is 284 g/mol. The SMILES string of the molecule is [SiH3]C#Cc1cccc(-c2ccccc2)c1-c1ccccc1. The highest BCUT2D eigenvalue weighted by Gasteiger charge is 2.10. The summed E-state index contributed by atoms with van der Waals surface area (Å²) in [6, 6.07) is 27.4. The molecule has 0 aliphatic heterocycles. The Morgan fingerprint density at radius 3 is 1.86 bits per heavy atom. The Labute approximate surface area is 128 Å². The Morgan fingerprint density at radius 1 is 0.619 bits per heavy atom. The van der Waals surface area contributed by atoms with Gasteiger partial charge in [0.05, 0.1) is 10.2 Å². The van der Waals surface area contributed by atoms with E-state index in [2.05, 4.69) is 78.2 Å². The molecule has 0 saturated heterocycles. The van der Waals surface area contributed by atoms with Gasteiger partial charge in [-0.1, -0.05) is 78.7 Å². The third-order valence-corrected chi connectivity index (χ3v) is 3.72. The second kappa shape index (κ2) is 6.26. The van der Waals surface area contributed by atoms with E-state index in [1.54, 1.807) is 0 Å². The summed E-state index contributed by atoms with van der Waals surface area (Å²) in [5.74, 6) is 3.30. The van der Waals surface area contributed by atoms with Crippen molar-refractivity contribution in [2.24, 2.45) is 0 Å². The van der Waals surface area contributed by atoms with Crippen LogP contribution in [0.4, 0.5) is 0 Å². The summed E-state index contributed by atoms with van der Waals surface area (Å²) < 4.78 is 0. The van der Waals surface area contributed by atoms with Crippen LogP contribution in [0.5, 0.6) is 0 Å². The first-order valence-corrected chi connectivity index (χ1v) is 8.07. The number of benzene rings is 3. The Morgan fingerprint density at radius 2 is 1.24 bits per heavy atom. The fourth-order valence-electron chi connectivity index (χ4n) is 2.57. The molecule has 0 nitrogen and oxygen atoms in total. The minimum atomic E-state index is 0.891.